The highest BCUT2D eigenvalue weighted by atomic mass is 16.5. The molecule has 0 bridgehead atoms. The highest BCUT2D eigenvalue weighted by Crippen LogP contribution is 2.03. The van der Waals surface area contributed by atoms with E-state index in [1.807, 2.05) is 0 Å². The lowest BCUT2D eigenvalue weighted by Crippen LogP contribution is -2.06. The van der Waals surface area contributed by atoms with E-state index >= 15 is 0 Å². The first-order valence-electron chi connectivity index (χ1n) is 8.72. The Hall–Kier alpha value is -1.32. The zero-order valence-corrected chi connectivity index (χ0v) is 14.3. The van der Waals surface area contributed by atoms with Crippen LogP contribution >= 0.6 is 0 Å². The van der Waals surface area contributed by atoms with Crippen LogP contribution in [0.1, 0.15) is 78.1 Å². The molecule has 0 aromatic heterocycles. The van der Waals surface area contributed by atoms with Crippen molar-refractivity contribution in [1.82, 2.24) is 0 Å². The van der Waals surface area contributed by atoms with Crippen LogP contribution in [-0.4, -0.2) is 25.2 Å². The molecule has 4 heteroatoms. The summed E-state index contributed by atoms with van der Waals surface area (Å²) in [5.41, 5.74) is 0. The zero-order chi connectivity index (χ0) is 16.5. The minimum Gasteiger partial charge on any atom is -0.463 e. The molecule has 0 radical (unpaired) electrons. The fourth-order valence-electron chi connectivity index (χ4n) is 1.99. The fraction of sp³-hybridized carbons (Fsp3) is 0.778. The van der Waals surface area contributed by atoms with Gasteiger partial charge in [-0.2, -0.15) is 0 Å². The molecular weight excluding hydrogens is 280 g/mol. The van der Waals surface area contributed by atoms with Gasteiger partial charge < -0.3 is 9.47 Å². The highest BCUT2D eigenvalue weighted by Gasteiger charge is 2.01. The Morgan fingerprint density at radius 2 is 1.00 bits per heavy atom. The van der Waals surface area contributed by atoms with E-state index in [4.69, 9.17) is 9.47 Å². The second-order valence-electron chi connectivity index (χ2n) is 5.50. The van der Waals surface area contributed by atoms with Crippen LogP contribution in [0.25, 0.3) is 0 Å². The average molecular weight is 312 g/mol. The number of hydrogen-bond donors (Lipinski definition) is 0. The molecule has 0 atom stereocenters. The van der Waals surface area contributed by atoms with E-state index in [1.54, 1.807) is 0 Å². The number of carbonyl (C=O) groups excluding carboxylic acids is 2. The summed E-state index contributed by atoms with van der Waals surface area (Å²) in [7, 11) is 0. The van der Waals surface area contributed by atoms with Crippen molar-refractivity contribution < 1.29 is 19.1 Å². The zero-order valence-electron chi connectivity index (χ0n) is 14.3. The lowest BCUT2D eigenvalue weighted by atomic mass is 10.2. The van der Waals surface area contributed by atoms with Gasteiger partial charge in [-0.15, -0.1) is 0 Å². The van der Waals surface area contributed by atoms with Crippen LogP contribution in [0, 0.1) is 0 Å². The molecule has 0 aliphatic rings. The SMILES string of the molecule is CCCCCCCOC(=O)/C=C\C(=O)OCCCCCCC. The van der Waals surface area contributed by atoms with Crippen LogP contribution in [0.2, 0.25) is 0 Å². The van der Waals surface area contributed by atoms with E-state index in [0.29, 0.717) is 13.2 Å². The minimum absolute atomic E-state index is 0.416. The normalized spacial score (nSPS) is 10.8. The van der Waals surface area contributed by atoms with Gasteiger partial charge in [0.25, 0.3) is 0 Å². The monoisotopic (exact) mass is 312 g/mol. The van der Waals surface area contributed by atoms with E-state index in [0.717, 1.165) is 37.8 Å². The molecule has 0 saturated heterocycles. The third-order valence-electron chi connectivity index (χ3n) is 3.34. The maximum Gasteiger partial charge on any atom is 0.331 e. The Balaban J connectivity index is 3.51. The lowest BCUT2D eigenvalue weighted by Gasteiger charge is -2.02. The van der Waals surface area contributed by atoms with Crippen molar-refractivity contribution in [3.05, 3.63) is 12.2 Å². The van der Waals surface area contributed by atoms with Gasteiger partial charge in [-0.25, -0.2) is 9.59 Å². The molecular formula is C18H32O4. The minimum atomic E-state index is -0.476. The van der Waals surface area contributed by atoms with Crippen LogP contribution in [0.3, 0.4) is 0 Å². The molecule has 0 N–H and O–H groups in total. The third-order valence-corrected chi connectivity index (χ3v) is 3.34. The topological polar surface area (TPSA) is 52.6 Å². The number of esters is 2. The Bertz CT molecular complexity index is 280. The van der Waals surface area contributed by atoms with Gasteiger partial charge >= 0.3 is 11.9 Å². The summed E-state index contributed by atoms with van der Waals surface area (Å²) in [5, 5.41) is 0. The van der Waals surface area contributed by atoms with E-state index in [1.165, 1.54) is 38.5 Å². The second kappa shape index (κ2) is 16.1. The Labute approximate surface area is 135 Å². The summed E-state index contributed by atoms with van der Waals surface area (Å²) in [4.78, 5) is 22.7. The number of rotatable bonds is 14. The maximum atomic E-state index is 11.4. The van der Waals surface area contributed by atoms with E-state index < -0.39 is 11.9 Å². The first-order chi connectivity index (χ1) is 10.7. The summed E-state index contributed by atoms with van der Waals surface area (Å²) in [6.07, 6.45) is 13.4. The Kier molecular flexibility index (Phi) is 15.1. The van der Waals surface area contributed by atoms with Crippen molar-refractivity contribution >= 4 is 11.9 Å². The standard InChI is InChI=1S/C18H32O4/c1-3-5-7-9-11-15-21-17(19)13-14-18(20)22-16-12-10-8-6-4-2/h13-14H,3-12,15-16H2,1-2H3/b14-13-. The van der Waals surface area contributed by atoms with Gasteiger partial charge in [-0.3, -0.25) is 0 Å². The summed E-state index contributed by atoms with van der Waals surface area (Å²) in [6.45, 7) is 5.16. The molecule has 22 heavy (non-hydrogen) atoms. The van der Waals surface area contributed by atoms with Gasteiger partial charge in [0.1, 0.15) is 0 Å². The smallest absolute Gasteiger partial charge is 0.331 e. The molecule has 0 aromatic carbocycles. The lowest BCUT2D eigenvalue weighted by molar-refractivity contribution is -0.140. The molecule has 0 amide bonds. The molecule has 0 heterocycles. The third kappa shape index (κ3) is 15.1. The molecule has 0 rings (SSSR count). The Morgan fingerprint density at radius 1 is 0.636 bits per heavy atom. The first kappa shape index (κ1) is 20.7. The number of hydrogen-bond acceptors (Lipinski definition) is 4. The van der Waals surface area contributed by atoms with Gasteiger partial charge in [0.2, 0.25) is 0 Å². The van der Waals surface area contributed by atoms with Gasteiger partial charge in [0, 0.05) is 12.2 Å². The molecule has 128 valence electrons. The van der Waals surface area contributed by atoms with Crippen molar-refractivity contribution in [1.29, 1.82) is 0 Å². The fourth-order valence-corrected chi connectivity index (χ4v) is 1.99. The van der Waals surface area contributed by atoms with E-state index in [2.05, 4.69) is 13.8 Å². The number of ether oxygens (including phenoxy) is 2. The maximum absolute atomic E-state index is 11.4. The summed E-state index contributed by atoms with van der Waals surface area (Å²) in [6, 6.07) is 0. The molecule has 4 nitrogen and oxygen atoms in total. The van der Waals surface area contributed by atoms with Crippen LogP contribution in [0.4, 0.5) is 0 Å². The van der Waals surface area contributed by atoms with Gasteiger partial charge in [-0.1, -0.05) is 65.2 Å². The highest BCUT2D eigenvalue weighted by molar-refractivity contribution is 5.91. The van der Waals surface area contributed by atoms with Gasteiger partial charge in [0.05, 0.1) is 13.2 Å². The molecule has 0 spiro atoms. The average Bonchev–Trinajstić information content (AvgIpc) is 2.52. The molecule has 0 aliphatic heterocycles. The predicted octanol–water partition coefficient (Wildman–Crippen LogP) is 4.57. The summed E-state index contributed by atoms with van der Waals surface area (Å²) >= 11 is 0. The van der Waals surface area contributed by atoms with Crippen molar-refractivity contribution in [2.24, 2.45) is 0 Å². The molecule has 0 aromatic rings. The van der Waals surface area contributed by atoms with Crippen LogP contribution in [-0.2, 0) is 19.1 Å². The molecule has 0 aliphatic carbocycles. The molecule has 0 unspecified atom stereocenters. The van der Waals surface area contributed by atoms with Crippen molar-refractivity contribution in [2.45, 2.75) is 78.1 Å². The van der Waals surface area contributed by atoms with Crippen molar-refractivity contribution in [3.8, 4) is 0 Å². The quantitative estimate of drug-likeness (QED) is 0.268. The summed E-state index contributed by atoms with van der Waals surface area (Å²) < 4.78 is 10.0. The first-order valence-corrected chi connectivity index (χ1v) is 8.72. The van der Waals surface area contributed by atoms with Gasteiger partial charge in [-0.05, 0) is 12.8 Å². The largest absolute Gasteiger partial charge is 0.463 e. The van der Waals surface area contributed by atoms with Crippen molar-refractivity contribution in [2.75, 3.05) is 13.2 Å². The van der Waals surface area contributed by atoms with Crippen LogP contribution in [0.5, 0.6) is 0 Å². The second-order valence-corrected chi connectivity index (χ2v) is 5.50. The molecule has 0 fully saturated rings. The number of unbranched alkanes of at least 4 members (excludes halogenated alkanes) is 8. The Morgan fingerprint density at radius 3 is 1.36 bits per heavy atom. The van der Waals surface area contributed by atoms with E-state index in [9.17, 15) is 9.59 Å². The van der Waals surface area contributed by atoms with Crippen LogP contribution in [0.15, 0.2) is 12.2 Å². The van der Waals surface area contributed by atoms with E-state index in [-0.39, 0.29) is 0 Å². The number of carbonyl (C=O) groups is 2. The van der Waals surface area contributed by atoms with Crippen LogP contribution < -0.4 is 0 Å². The predicted molar refractivity (Wildman–Crippen MR) is 88.6 cm³/mol. The molecule has 0 saturated carbocycles. The van der Waals surface area contributed by atoms with Crippen molar-refractivity contribution in [3.63, 3.8) is 0 Å². The summed E-state index contributed by atoms with van der Waals surface area (Å²) in [5.74, 6) is -0.953. The van der Waals surface area contributed by atoms with Gasteiger partial charge in [0.15, 0.2) is 0 Å².